The van der Waals surface area contributed by atoms with Crippen LogP contribution in [0.15, 0.2) is 11.1 Å². The molecule has 1 saturated heterocycles. The number of aromatic nitrogens is 2. The number of likely N-dealkylation sites (N-methyl/N-ethyl adjacent to an activating group) is 1. The molecule has 0 aromatic carbocycles. The lowest BCUT2D eigenvalue weighted by molar-refractivity contribution is 0.0436. The van der Waals surface area contributed by atoms with Gasteiger partial charge in [-0.1, -0.05) is 48.0 Å². The van der Waals surface area contributed by atoms with E-state index in [-0.39, 0.29) is 11.9 Å². The minimum Gasteiger partial charge on any atom is -0.474 e. The molecule has 0 radical (unpaired) electrons. The molecule has 2 aliphatic rings. The van der Waals surface area contributed by atoms with Crippen molar-refractivity contribution in [3.05, 3.63) is 23.0 Å². The van der Waals surface area contributed by atoms with Crippen molar-refractivity contribution < 1.29 is 9.53 Å². The highest BCUT2D eigenvalue weighted by molar-refractivity contribution is 5.96. The molecule has 0 saturated carbocycles. The highest BCUT2D eigenvalue weighted by Gasteiger charge is 2.32. The second-order valence-corrected chi connectivity index (χ2v) is 9.94. The maximum absolute atomic E-state index is 13.3. The van der Waals surface area contributed by atoms with Crippen LogP contribution >= 0.6 is 0 Å². The summed E-state index contributed by atoms with van der Waals surface area (Å²) in [6.45, 7) is 16.0. The lowest BCUT2D eigenvalue weighted by Crippen LogP contribution is -2.55. The van der Waals surface area contributed by atoms with Gasteiger partial charge in [-0.05, 0) is 42.9 Å². The van der Waals surface area contributed by atoms with Crippen LogP contribution in [0, 0.1) is 17.8 Å². The molecule has 1 aromatic rings. The van der Waals surface area contributed by atoms with E-state index in [1.807, 2.05) is 11.0 Å². The van der Waals surface area contributed by atoms with Crippen molar-refractivity contribution in [2.24, 2.45) is 22.7 Å². The zero-order chi connectivity index (χ0) is 22.7. The fraction of sp³-hybridized carbons (Fsp3) is 0.750. The fourth-order valence-electron chi connectivity index (χ4n) is 4.30. The Morgan fingerprint density at radius 3 is 2.55 bits per heavy atom. The highest BCUT2D eigenvalue weighted by atomic mass is 16.5. The lowest BCUT2D eigenvalue weighted by Gasteiger charge is -2.42. The largest absolute Gasteiger partial charge is 0.474 e. The molecule has 3 heterocycles. The van der Waals surface area contributed by atoms with Gasteiger partial charge >= 0.3 is 0 Å². The number of carbonyl (C=O) groups is 1. The quantitative estimate of drug-likeness (QED) is 0.665. The minimum atomic E-state index is -0.0280. The van der Waals surface area contributed by atoms with Gasteiger partial charge in [-0.25, -0.2) is 4.99 Å². The van der Waals surface area contributed by atoms with Gasteiger partial charge in [0.2, 0.25) is 5.90 Å². The van der Waals surface area contributed by atoms with Gasteiger partial charge in [0.1, 0.15) is 6.61 Å². The maximum Gasteiger partial charge on any atom is 0.274 e. The van der Waals surface area contributed by atoms with Crippen molar-refractivity contribution in [1.82, 2.24) is 20.0 Å². The second kappa shape index (κ2) is 10.1. The Hall–Kier alpha value is -2.02. The number of ether oxygens (including phenoxy) is 1. The van der Waals surface area contributed by atoms with Gasteiger partial charge < -0.3 is 9.64 Å². The predicted molar refractivity (Wildman–Crippen MR) is 123 cm³/mol. The van der Waals surface area contributed by atoms with Gasteiger partial charge in [0.15, 0.2) is 11.4 Å². The molecule has 3 rings (SSSR count). The molecule has 172 valence electrons. The topological polar surface area (TPSA) is 70.9 Å². The van der Waals surface area contributed by atoms with Gasteiger partial charge in [-0.15, -0.1) is 10.2 Å². The van der Waals surface area contributed by atoms with Crippen molar-refractivity contribution in [1.29, 1.82) is 0 Å². The van der Waals surface area contributed by atoms with Gasteiger partial charge in [0.05, 0.1) is 6.04 Å². The van der Waals surface area contributed by atoms with Crippen molar-refractivity contribution in [3.8, 4) is 0 Å². The molecule has 0 bridgehead atoms. The number of hydrogen-bond donors (Lipinski definition) is 0. The van der Waals surface area contributed by atoms with Crippen LogP contribution in [0.5, 0.6) is 0 Å². The summed E-state index contributed by atoms with van der Waals surface area (Å²) >= 11 is 0. The van der Waals surface area contributed by atoms with E-state index >= 15 is 0 Å². The van der Waals surface area contributed by atoms with Crippen LogP contribution in [0.1, 0.15) is 69.7 Å². The van der Waals surface area contributed by atoms with Gasteiger partial charge in [0.25, 0.3) is 5.91 Å². The zero-order valence-corrected chi connectivity index (χ0v) is 20.3. The summed E-state index contributed by atoms with van der Waals surface area (Å²) in [6, 6.07) is 2.43. The summed E-state index contributed by atoms with van der Waals surface area (Å²) in [5.41, 5.74) is 2.10. The molecule has 3 atom stereocenters. The highest BCUT2D eigenvalue weighted by Crippen LogP contribution is 2.23. The van der Waals surface area contributed by atoms with E-state index in [0.29, 0.717) is 47.7 Å². The first kappa shape index (κ1) is 23.6. The molecule has 0 spiro atoms. The molecular weight excluding hydrogens is 390 g/mol. The van der Waals surface area contributed by atoms with E-state index in [2.05, 4.69) is 63.7 Å². The SMILES string of the molecule is CCC(C)C1CN(C(=O)c2cc(CC(C)C)c(C3=NC(C(C)C)CO3)nn2)CCN1C. The summed E-state index contributed by atoms with van der Waals surface area (Å²) in [6.07, 6.45) is 1.90. The fourth-order valence-corrected chi connectivity index (χ4v) is 4.30. The first-order valence-electron chi connectivity index (χ1n) is 11.8. The number of aliphatic imine (C=N–C) groups is 1. The number of hydrogen-bond acceptors (Lipinski definition) is 6. The maximum atomic E-state index is 13.3. The predicted octanol–water partition coefficient (Wildman–Crippen LogP) is 3.28. The molecule has 1 amide bonds. The van der Waals surface area contributed by atoms with Gasteiger partial charge in [-0.3, -0.25) is 9.69 Å². The number of nitrogens with zero attached hydrogens (tertiary/aromatic N) is 5. The average molecular weight is 430 g/mol. The zero-order valence-electron chi connectivity index (χ0n) is 20.3. The molecule has 7 nitrogen and oxygen atoms in total. The molecule has 0 N–H and O–H groups in total. The minimum absolute atomic E-state index is 0.0280. The van der Waals surface area contributed by atoms with E-state index < -0.39 is 0 Å². The Labute approximate surface area is 187 Å². The van der Waals surface area contributed by atoms with Crippen LogP contribution in [0.4, 0.5) is 0 Å². The standard InChI is InChI=1S/C24H39N5O2/c1-8-17(6)21-13-29(10-9-28(21)7)24(30)19-12-18(11-15(2)3)22(27-26-19)23-25-20(14-31-23)16(4)5/h12,15-17,20-21H,8-11,13-14H2,1-7H3. The lowest BCUT2D eigenvalue weighted by atomic mass is 9.95. The molecule has 3 unspecified atom stereocenters. The van der Waals surface area contributed by atoms with E-state index in [1.165, 1.54) is 0 Å². The van der Waals surface area contributed by atoms with Crippen molar-refractivity contribution in [2.75, 3.05) is 33.3 Å². The first-order chi connectivity index (χ1) is 14.7. The van der Waals surface area contributed by atoms with E-state index in [1.54, 1.807) is 0 Å². The number of rotatable bonds is 7. The normalized spacial score (nSPS) is 23.3. The third-order valence-corrected chi connectivity index (χ3v) is 6.65. The van der Waals surface area contributed by atoms with Crippen LogP contribution in [0.3, 0.4) is 0 Å². The van der Waals surface area contributed by atoms with Crippen LogP contribution in [0.25, 0.3) is 0 Å². The Balaban J connectivity index is 1.85. The van der Waals surface area contributed by atoms with Crippen LogP contribution < -0.4 is 0 Å². The van der Waals surface area contributed by atoms with Gasteiger partial charge in [0, 0.05) is 25.7 Å². The van der Waals surface area contributed by atoms with E-state index in [0.717, 1.165) is 38.0 Å². The third kappa shape index (κ3) is 5.43. The molecule has 7 heteroatoms. The van der Waals surface area contributed by atoms with Crippen LogP contribution in [-0.2, 0) is 11.2 Å². The molecular formula is C24H39N5O2. The number of carbonyl (C=O) groups excluding carboxylic acids is 1. The molecule has 1 fully saturated rings. The summed E-state index contributed by atoms with van der Waals surface area (Å²) < 4.78 is 5.86. The van der Waals surface area contributed by atoms with E-state index in [9.17, 15) is 4.79 Å². The smallest absolute Gasteiger partial charge is 0.274 e. The summed E-state index contributed by atoms with van der Waals surface area (Å²) in [7, 11) is 2.15. The van der Waals surface area contributed by atoms with Crippen LogP contribution in [-0.4, -0.2) is 77.2 Å². The van der Waals surface area contributed by atoms with E-state index in [4.69, 9.17) is 9.73 Å². The summed E-state index contributed by atoms with van der Waals surface area (Å²) in [5.74, 6) is 1.91. The molecule has 0 aliphatic carbocycles. The Kier molecular flexibility index (Phi) is 7.68. The third-order valence-electron chi connectivity index (χ3n) is 6.65. The Morgan fingerprint density at radius 1 is 1.19 bits per heavy atom. The van der Waals surface area contributed by atoms with Crippen molar-refractivity contribution in [2.45, 2.75) is 66.5 Å². The summed E-state index contributed by atoms with van der Waals surface area (Å²) in [5, 5.41) is 8.77. The number of amides is 1. The van der Waals surface area contributed by atoms with Crippen LogP contribution in [0.2, 0.25) is 0 Å². The molecule has 1 aromatic heterocycles. The summed E-state index contributed by atoms with van der Waals surface area (Å²) in [4.78, 5) is 22.4. The van der Waals surface area contributed by atoms with Crippen molar-refractivity contribution >= 4 is 11.8 Å². The van der Waals surface area contributed by atoms with Crippen molar-refractivity contribution in [3.63, 3.8) is 0 Å². The molecule has 31 heavy (non-hydrogen) atoms. The molecule has 2 aliphatic heterocycles. The average Bonchev–Trinajstić information content (AvgIpc) is 3.23. The Morgan fingerprint density at radius 2 is 1.94 bits per heavy atom. The first-order valence-corrected chi connectivity index (χ1v) is 11.8. The Bertz CT molecular complexity index is 803. The monoisotopic (exact) mass is 429 g/mol. The second-order valence-electron chi connectivity index (χ2n) is 9.94. The van der Waals surface area contributed by atoms with Gasteiger partial charge in [-0.2, -0.15) is 0 Å². The number of piperazine rings is 1.